The summed E-state index contributed by atoms with van der Waals surface area (Å²) in [6.07, 6.45) is 0.879. The number of hydrogen-bond acceptors (Lipinski definition) is 4. The average molecular weight is 340 g/mol. The number of nitrogens with one attached hydrogen (secondary N) is 1. The summed E-state index contributed by atoms with van der Waals surface area (Å²) in [5.41, 5.74) is 7.11. The Balaban J connectivity index is 2.25. The summed E-state index contributed by atoms with van der Waals surface area (Å²) in [6.45, 7) is 2.32. The Hall–Kier alpha value is -1.28. The topological polar surface area (TPSA) is 72.2 Å². The standard InChI is InChI=1S/C14H16N2O2S3/c1-2-10-7-8-20-12(10)9-16-21(17,18)13-6-4-3-5-11(13)14(15)19/h3-8,16H,2,9H2,1H3,(H2,15,19). The summed E-state index contributed by atoms with van der Waals surface area (Å²) in [4.78, 5) is 1.21. The Morgan fingerprint density at radius 2 is 2.05 bits per heavy atom. The molecule has 0 saturated heterocycles. The molecule has 0 fully saturated rings. The monoisotopic (exact) mass is 340 g/mol. The van der Waals surface area contributed by atoms with Gasteiger partial charge in [0.05, 0.1) is 4.90 Å². The fourth-order valence-corrected chi connectivity index (χ4v) is 4.44. The van der Waals surface area contributed by atoms with E-state index in [-0.39, 0.29) is 16.4 Å². The normalized spacial score (nSPS) is 11.5. The van der Waals surface area contributed by atoms with Gasteiger partial charge in [-0.2, -0.15) is 0 Å². The van der Waals surface area contributed by atoms with E-state index in [4.69, 9.17) is 18.0 Å². The van der Waals surface area contributed by atoms with Gasteiger partial charge in [0.25, 0.3) is 0 Å². The third-order valence-corrected chi connectivity index (χ3v) is 5.73. The maximum atomic E-state index is 12.4. The van der Waals surface area contributed by atoms with Crippen molar-refractivity contribution in [3.8, 4) is 0 Å². The van der Waals surface area contributed by atoms with Crippen molar-refractivity contribution < 1.29 is 8.42 Å². The summed E-state index contributed by atoms with van der Waals surface area (Å²) in [5, 5.41) is 1.96. The first-order valence-corrected chi connectivity index (χ1v) is 9.16. The highest BCUT2D eigenvalue weighted by molar-refractivity contribution is 7.89. The van der Waals surface area contributed by atoms with Gasteiger partial charge >= 0.3 is 0 Å². The minimum Gasteiger partial charge on any atom is -0.389 e. The van der Waals surface area contributed by atoms with Crippen LogP contribution in [0, 0.1) is 0 Å². The molecule has 0 spiro atoms. The van der Waals surface area contributed by atoms with Crippen LogP contribution in [0.3, 0.4) is 0 Å². The third-order valence-electron chi connectivity index (χ3n) is 3.08. The van der Waals surface area contributed by atoms with E-state index < -0.39 is 10.0 Å². The minimum atomic E-state index is -3.65. The van der Waals surface area contributed by atoms with Crippen LogP contribution in [-0.4, -0.2) is 13.4 Å². The van der Waals surface area contributed by atoms with Gasteiger partial charge in [-0.15, -0.1) is 11.3 Å². The molecule has 21 heavy (non-hydrogen) atoms. The van der Waals surface area contributed by atoms with Crippen molar-refractivity contribution in [3.63, 3.8) is 0 Å². The highest BCUT2D eigenvalue weighted by atomic mass is 32.2. The molecule has 7 heteroatoms. The molecule has 0 bridgehead atoms. The van der Waals surface area contributed by atoms with Crippen molar-refractivity contribution in [2.75, 3.05) is 0 Å². The molecular weight excluding hydrogens is 324 g/mol. The first kappa shape index (κ1) is 16.1. The predicted octanol–water partition coefficient (Wildman–Crippen LogP) is 2.42. The van der Waals surface area contributed by atoms with Crippen LogP contribution >= 0.6 is 23.6 Å². The van der Waals surface area contributed by atoms with Gasteiger partial charge in [0.1, 0.15) is 4.99 Å². The van der Waals surface area contributed by atoms with Crippen molar-refractivity contribution in [2.45, 2.75) is 24.8 Å². The van der Waals surface area contributed by atoms with Gasteiger partial charge in [-0.1, -0.05) is 37.3 Å². The lowest BCUT2D eigenvalue weighted by atomic mass is 10.2. The molecule has 0 aliphatic carbocycles. The Bertz CT molecular complexity index is 751. The molecular formula is C14H16N2O2S3. The van der Waals surface area contributed by atoms with Crippen LogP contribution in [0.2, 0.25) is 0 Å². The molecule has 1 aromatic carbocycles. The van der Waals surface area contributed by atoms with Crippen molar-refractivity contribution in [1.29, 1.82) is 0 Å². The van der Waals surface area contributed by atoms with Gasteiger partial charge in [-0.3, -0.25) is 0 Å². The number of hydrogen-bond donors (Lipinski definition) is 2. The SMILES string of the molecule is CCc1ccsc1CNS(=O)(=O)c1ccccc1C(N)=S. The van der Waals surface area contributed by atoms with Crippen molar-refractivity contribution in [3.05, 3.63) is 51.7 Å². The van der Waals surface area contributed by atoms with Crippen LogP contribution in [0.1, 0.15) is 22.9 Å². The molecule has 2 aromatic rings. The molecule has 0 amide bonds. The van der Waals surface area contributed by atoms with E-state index in [1.165, 1.54) is 6.07 Å². The van der Waals surface area contributed by atoms with E-state index in [0.717, 1.165) is 16.9 Å². The number of benzene rings is 1. The highest BCUT2D eigenvalue weighted by Gasteiger charge is 2.19. The molecule has 0 aliphatic heterocycles. The lowest BCUT2D eigenvalue weighted by Gasteiger charge is -2.10. The molecule has 3 N–H and O–H groups in total. The molecule has 1 aromatic heterocycles. The average Bonchev–Trinajstić information content (AvgIpc) is 2.92. The summed E-state index contributed by atoms with van der Waals surface area (Å²) in [5.74, 6) is 0. The van der Waals surface area contributed by atoms with Gasteiger partial charge in [0.15, 0.2) is 0 Å². The zero-order valence-electron chi connectivity index (χ0n) is 11.5. The summed E-state index contributed by atoms with van der Waals surface area (Å²) < 4.78 is 27.5. The number of nitrogens with two attached hydrogens (primary N) is 1. The zero-order valence-corrected chi connectivity index (χ0v) is 13.9. The largest absolute Gasteiger partial charge is 0.389 e. The maximum absolute atomic E-state index is 12.4. The Kier molecular flexibility index (Phi) is 5.10. The molecule has 112 valence electrons. The van der Waals surface area contributed by atoms with Gasteiger partial charge in [0.2, 0.25) is 10.0 Å². The van der Waals surface area contributed by atoms with Gasteiger partial charge in [-0.25, -0.2) is 13.1 Å². The summed E-state index contributed by atoms with van der Waals surface area (Å²) in [6, 6.07) is 8.49. The van der Waals surface area contributed by atoms with E-state index in [1.54, 1.807) is 29.5 Å². The van der Waals surface area contributed by atoms with Gasteiger partial charge in [-0.05, 0) is 29.5 Å². The van der Waals surface area contributed by atoms with Crippen LogP contribution < -0.4 is 10.5 Å². The van der Waals surface area contributed by atoms with E-state index in [0.29, 0.717) is 5.56 Å². The first-order valence-electron chi connectivity index (χ1n) is 6.39. The number of thiophene rings is 1. The Labute approximate surface area is 134 Å². The maximum Gasteiger partial charge on any atom is 0.241 e. The molecule has 1 heterocycles. The fraction of sp³-hybridized carbons (Fsp3) is 0.214. The minimum absolute atomic E-state index is 0.0707. The van der Waals surface area contributed by atoms with Crippen LogP contribution in [-0.2, 0) is 23.0 Å². The number of rotatable bonds is 6. The smallest absolute Gasteiger partial charge is 0.241 e. The van der Waals surface area contributed by atoms with Crippen molar-refractivity contribution in [2.24, 2.45) is 5.73 Å². The van der Waals surface area contributed by atoms with Gasteiger partial charge < -0.3 is 5.73 Å². The van der Waals surface area contributed by atoms with Gasteiger partial charge in [0, 0.05) is 17.0 Å². The first-order chi connectivity index (χ1) is 9.95. The summed E-state index contributed by atoms with van der Waals surface area (Å²) in [7, 11) is -3.65. The quantitative estimate of drug-likeness (QED) is 0.792. The zero-order chi connectivity index (χ0) is 15.5. The second-order valence-electron chi connectivity index (χ2n) is 4.41. The third kappa shape index (κ3) is 3.68. The van der Waals surface area contributed by atoms with Crippen molar-refractivity contribution in [1.82, 2.24) is 4.72 Å². The van der Waals surface area contributed by atoms with Crippen molar-refractivity contribution >= 4 is 38.6 Å². The lowest BCUT2D eigenvalue weighted by Crippen LogP contribution is -2.26. The molecule has 0 radical (unpaired) electrons. The summed E-state index contributed by atoms with van der Waals surface area (Å²) >= 11 is 6.45. The van der Waals surface area contributed by atoms with Crippen LogP contribution in [0.5, 0.6) is 0 Å². The number of aryl methyl sites for hydroxylation is 1. The number of thiocarbonyl (C=S) groups is 1. The lowest BCUT2D eigenvalue weighted by molar-refractivity contribution is 0.581. The van der Waals surface area contributed by atoms with E-state index in [1.807, 2.05) is 18.4 Å². The fourth-order valence-electron chi connectivity index (χ4n) is 1.98. The Morgan fingerprint density at radius 1 is 1.33 bits per heavy atom. The predicted molar refractivity (Wildman–Crippen MR) is 90.1 cm³/mol. The van der Waals surface area contributed by atoms with Crippen LogP contribution in [0.4, 0.5) is 0 Å². The molecule has 4 nitrogen and oxygen atoms in total. The second-order valence-corrected chi connectivity index (χ2v) is 7.58. The molecule has 0 saturated carbocycles. The van der Waals surface area contributed by atoms with E-state index in [9.17, 15) is 8.42 Å². The number of sulfonamides is 1. The van der Waals surface area contributed by atoms with E-state index >= 15 is 0 Å². The van der Waals surface area contributed by atoms with E-state index in [2.05, 4.69) is 4.72 Å². The van der Waals surface area contributed by atoms with Crippen LogP contribution in [0.15, 0.2) is 40.6 Å². The second kappa shape index (κ2) is 6.65. The molecule has 2 rings (SSSR count). The molecule has 0 atom stereocenters. The highest BCUT2D eigenvalue weighted by Crippen LogP contribution is 2.19. The molecule has 0 aliphatic rings. The Morgan fingerprint density at radius 3 is 2.71 bits per heavy atom. The molecule has 0 unspecified atom stereocenters. The van der Waals surface area contributed by atoms with Crippen LogP contribution in [0.25, 0.3) is 0 Å².